The molecule has 0 aliphatic rings. The predicted octanol–water partition coefficient (Wildman–Crippen LogP) is 5.34. The minimum atomic E-state index is 0.599. The maximum atomic E-state index is 4.37. The Morgan fingerprint density at radius 2 is 1.42 bits per heavy atom. The van der Waals surface area contributed by atoms with E-state index in [1.54, 1.807) is 0 Å². The van der Waals surface area contributed by atoms with Crippen molar-refractivity contribution < 1.29 is 0 Å². The topological polar surface area (TPSA) is 25.8 Å². The maximum Gasteiger partial charge on any atom is 0.205 e. The van der Waals surface area contributed by atoms with Crippen molar-refractivity contribution in [1.29, 1.82) is 0 Å². The van der Waals surface area contributed by atoms with E-state index < -0.39 is 0 Å². The van der Waals surface area contributed by atoms with Gasteiger partial charge in [0.25, 0.3) is 0 Å². The molecule has 24 heavy (non-hydrogen) atoms. The summed E-state index contributed by atoms with van der Waals surface area (Å²) in [6.45, 7) is 4.44. The Hall–Kier alpha value is -2.14. The van der Waals surface area contributed by atoms with Crippen molar-refractivity contribution in [2.24, 2.45) is 0 Å². The summed E-state index contributed by atoms with van der Waals surface area (Å²) >= 11 is 0. The summed E-state index contributed by atoms with van der Waals surface area (Å²) in [6, 6.07) is 8.44. The minimum absolute atomic E-state index is 0.599. The van der Waals surface area contributed by atoms with E-state index >= 15 is 0 Å². The molecule has 2 rings (SSSR count). The molecule has 1 aromatic heterocycles. The lowest BCUT2D eigenvalue weighted by Gasteiger charge is -2.00. The molecule has 0 N–H and O–H groups in total. The van der Waals surface area contributed by atoms with Gasteiger partial charge in [-0.25, -0.2) is 9.97 Å². The van der Waals surface area contributed by atoms with E-state index in [2.05, 4.69) is 59.9 Å². The molecule has 0 bridgehead atoms. The van der Waals surface area contributed by atoms with Crippen LogP contribution in [0.25, 0.3) is 0 Å². The number of benzene rings is 1. The van der Waals surface area contributed by atoms with Crippen molar-refractivity contribution in [3.8, 4) is 11.8 Å². The predicted molar refractivity (Wildman–Crippen MR) is 101 cm³/mol. The van der Waals surface area contributed by atoms with Gasteiger partial charge in [-0.1, -0.05) is 64.0 Å². The third-order valence-electron chi connectivity index (χ3n) is 4.09. The molecule has 0 aliphatic carbocycles. The highest BCUT2D eigenvalue weighted by atomic mass is 14.8. The van der Waals surface area contributed by atoms with Gasteiger partial charge in [-0.15, -0.1) is 0 Å². The fourth-order valence-electron chi connectivity index (χ4n) is 2.65. The van der Waals surface area contributed by atoms with Crippen LogP contribution in [0.1, 0.15) is 74.9 Å². The lowest BCUT2D eigenvalue weighted by Crippen LogP contribution is -1.93. The second-order valence-corrected chi connectivity index (χ2v) is 6.28. The molecule has 0 amide bonds. The van der Waals surface area contributed by atoms with E-state index in [-0.39, 0.29) is 0 Å². The number of hydrogen-bond donors (Lipinski definition) is 0. The van der Waals surface area contributed by atoms with Gasteiger partial charge in [0.05, 0.1) is 0 Å². The smallest absolute Gasteiger partial charge is 0.205 e. The molecule has 0 fully saturated rings. The van der Waals surface area contributed by atoms with Gasteiger partial charge in [-0.05, 0) is 48.4 Å². The highest BCUT2D eigenvalue weighted by molar-refractivity contribution is 5.39. The van der Waals surface area contributed by atoms with Crippen molar-refractivity contribution in [3.63, 3.8) is 0 Å². The Balaban J connectivity index is 1.85. The van der Waals surface area contributed by atoms with Gasteiger partial charge >= 0.3 is 0 Å². The highest BCUT2D eigenvalue weighted by Crippen LogP contribution is 2.08. The second kappa shape index (κ2) is 10.6. The molecule has 0 aliphatic heterocycles. The van der Waals surface area contributed by atoms with Gasteiger partial charge in [0, 0.05) is 18.0 Å². The summed E-state index contributed by atoms with van der Waals surface area (Å²) in [5.41, 5.74) is 3.59. The molecule has 1 aromatic carbocycles. The number of aryl methyl sites for hydroxylation is 2. The Morgan fingerprint density at radius 3 is 2.08 bits per heavy atom. The van der Waals surface area contributed by atoms with Crippen molar-refractivity contribution in [2.75, 3.05) is 0 Å². The van der Waals surface area contributed by atoms with Crippen LogP contribution in [0.4, 0.5) is 0 Å². The molecule has 0 atom stereocenters. The summed E-state index contributed by atoms with van der Waals surface area (Å²) in [5, 5.41) is 0. The first-order valence-corrected chi connectivity index (χ1v) is 9.23. The van der Waals surface area contributed by atoms with Crippen molar-refractivity contribution in [3.05, 3.63) is 59.2 Å². The van der Waals surface area contributed by atoms with Crippen LogP contribution in [0, 0.1) is 11.8 Å². The van der Waals surface area contributed by atoms with Gasteiger partial charge in [0.1, 0.15) is 0 Å². The molecule has 1 heterocycles. The van der Waals surface area contributed by atoms with Crippen LogP contribution in [0.2, 0.25) is 0 Å². The molecule has 0 unspecified atom stereocenters. The number of rotatable bonds is 8. The summed E-state index contributed by atoms with van der Waals surface area (Å²) in [5.74, 6) is 6.79. The van der Waals surface area contributed by atoms with Crippen LogP contribution in [0.5, 0.6) is 0 Å². The zero-order chi connectivity index (χ0) is 17.0. The number of nitrogens with zero attached hydrogens (tertiary/aromatic N) is 2. The molecule has 126 valence electrons. The quantitative estimate of drug-likeness (QED) is 0.484. The van der Waals surface area contributed by atoms with Crippen LogP contribution >= 0.6 is 0 Å². The summed E-state index contributed by atoms with van der Waals surface area (Å²) in [7, 11) is 0. The normalized spacial score (nSPS) is 10.2. The van der Waals surface area contributed by atoms with Crippen LogP contribution in [0.15, 0.2) is 36.7 Å². The number of aromatic nitrogens is 2. The first-order chi connectivity index (χ1) is 11.8. The molecular formula is C22H28N2. The minimum Gasteiger partial charge on any atom is -0.229 e. The van der Waals surface area contributed by atoms with Gasteiger partial charge in [0.15, 0.2) is 0 Å². The van der Waals surface area contributed by atoms with Crippen molar-refractivity contribution in [1.82, 2.24) is 9.97 Å². The summed E-state index contributed by atoms with van der Waals surface area (Å²) in [4.78, 5) is 8.74. The standard InChI is InChI=1S/C22H28N2/c1-3-5-6-7-8-10-21-17-23-22(24-18-21)16-15-20-13-11-19(9-4-2)12-14-20/h11-14,17-18H,3-10H2,1-2H3. The lowest BCUT2D eigenvalue weighted by atomic mass is 10.1. The molecule has 2 aromatic rings. The van der Waals surface area contributed by atoms with Crippen LogP contribution in [-0.4, -0.2) is 9.97 Å². The van der Waals surface area contributed by atoms with Crippen molar-refractivity contribution in [2.45, 2.75) is 65.2 Å². The molecule has 0 saturated heterocycles. The second-order valence-electron chi connectivity index (χ2n) is 6.28. The van der Waals surface area contributed by atoms with Gasteiger partial charge < -0.3 is 0 Å². The van der Waals surface area contributed by atoms with E-state index in [1.807, 2.05) is 12.4 Å². The Morgan fingerprint density at radius 1 is 0.708 bits per heavy atom. The number of hydrogen-bond acceptors (Lipinski definition) is 2. The molecule has 0 saturated carbocycles. The van der Waals surface area contributed by atoms with E-state index in [4.69, 9.17) is 0 Å². The van der Waals surface area contributed by atoms with Gasteiger partial charge in [-0.2, -0.15) is 0 Å². The molecular weight excluding hydrogens is 292 g/mol. The van der Waals surface area contributed by atoms with Gasteiger partial charge in [-0.3, -0.25) is 0 Å². The van der Waals surface area contributed by atoms with Gasteiger partial charge in [0.2, 0.25) is 5.82 Å². The monoisotopic (exact) mass is 320 g/mol. The van der Waals surface area contributed by atoms with E-state index in [9.17, 15) is 0 Å². The highest BCUT2D eigenvalue weighted by Gasteiger charge is 1.97. The van der Waals surface area contributed by atoms with Crippen LogP contribution in [-0.2, 0) is 12.8 Å². The maximum absolute atomic E-state index is 4.37. The SMILES string of the molecule is CCCCCCCc1cnc(C#Cc2ccc(CCC)cc2)nc1. The van der Waals surface area contributed by atoms with E-state index in [0.717, 1.165) is 18.4 Å². The largest absolute Gasteiger partial charge is 0.229 e. The first kappa shape index (κ1) is 18.2. The Bertz CT molecular complexity index is 645. The summed E-state index contributed by atoms with van der Waals surface area (Å²) < 4.78 is 0. The Kier molecular flexibility index (Phi) is 8.04. The Labute approximate surface area is 146 Å². The van der Waals surface area contributed by atoms with E-state index in [0.29, 0.717) is 5.82 Å². The molecule has 2 nitrogen and oxygen atoms in total. The fourth-order valence-corrected chi connectivity index (χ4v) is 2.65. The first-order valence-electron chi connectivity index (χ1n) is 9.23. The van der Waals surface area contributed by atoms with Crippen molar-refractivity contribution >= 4 is 0 Å². The average molecular weight is 320 g/mol. The fraction of sp³-hybridized carbons (Fsp3) is 0.455. The molecule has 2 heteroatoms. The summed E-state index contributed by atoms with van der Waals surface area (Å²) in [6.07, 6.45) is 13.7. The van der Waals surface area contributed by atoms with Crippen LogP contribution < -0.4 is 0 Å². The molecule has 0 spiro atoms. The molecule has 0 radical (unpaired) electrons. The lowest BCUT2D eigenvalue weighted by molar-refractivity contribution is 0.631. The average Bonchev–Trinajstić information content (AvgIpc) is 2.62. The third kappa shape index (κ3) is 6.54. The third-order valence-corrected chi connectivity index (χ3v) is 4.09. The number of unbranched alkanes of at least 4 members (excludes halogenated alkanes) is 4. The van der Waals surface area contributed by atoms with Crippen LogP contribution in [0.3, 0.4) is 0 Å². The zero-order valence-electron chi connectivity index (χ0n) is 15.0. The van der Waals surface area contributed by atoms with E-state index in [1.165, 1.54) is 49.7 Å². The zero-order valence-corrected chi connectivity index (χ0v) is 15.0.